The van der Waals surface area contributed by atoms with Crippen LogP contribution in [-0.2, 0) is 11.3 Å². The molecule has 1 amide bonds. The molecule has 10 heteroatoms. The van der Waals surface area contributed by atoms with Crippen molar-refractivity contribution in [1.82, 2.24) is 24.5 Å². The number of amides is 1. The standard InChI is InChI=1S/C19H15ClN6O3/c1-29-15-8-7-12(20)9-14(15)22-16(27)10-25-11-21-18-17(19(25)28)23-24-26(18)13-5-3-2-4-6-13/h2-9,11H,10H2,1H3,(H,22,27). The second-order valence-corrected chi connectivity index (χ2v) is 6.52. The molecule has 146 valence electrons. The van der Waals surface area contributed by atoms with Gasteiger partial charge in [0.05, 0.1) is 18.5 Å². The first kappa shape index (κ1) is 18.6. The second kappa shape index (κ2) is 7.72. The molecule has 4 rings (SSSR count). The van der Waals surface area contributed by atoms with Crippen LogP contribution in [0.5, 0.6) is 5.75 Å². The predicted octanol–water partition coefficient (Wildman–Crippen LogP) is 2.28. The number of nitrogens with one attached hydrogen (secondary N) is 1. The summed E-state index contributed by atoms with van der Waals surface area (Å²) in [7, 11) is 1.48. The van der Waals surface area contributed by atoms with Crippen molar-refractivity contribution in [1.29, 1.82) is 0 Å². The highest BCUT2D eigenvalue weighted by Crippen LogP contribution is 2.27. The molecule has 4 aromatic rings. The summed E-state index contributed by atoms with van der Waals surface area (Å²) in [4.78, 5) is 29.4. The Morgan fingerprint density at radius 2 is 2.00 bits per heavy atom. The van der Waals surface area contributed by atoms with Gasteiger partial charge in [0.2, 0.25) is 5.91 Å². The Balaban J connectivity index is 1.61. The molecular weight excluding hydrogens is 396 g/mol. The van der Waals surface area contributed by atoms with Crippen LogP contribution < -0.4 is 15.6 Å². The lowest BCUT2D eigenvalue weighted by molar-refractivity contribution is -0.116. The number of hydrogen-bond acceptors (Lipinski definition) is 6. The summed E-state index contributed by atoms with van der Waals surface area (Å²) in [5.41, 5.74) is 1.05. The molecule has 0 saturated heterocycles. The Hall–Kier alpha value is -3.72. The van der Waals surface area contributed by atoms with Crippen molar-refractivity contribution in [3.05, 3.63) is 70.2 Å². The topological polar surface area (TPSA) is 104 Å². The van der Waals surface area contributed by atoms with Crippen molar-refractivity contribution < 1.29 is 9.53 Å². The summed E-state index contributed by atoms with van der Waals surface area (Å²) in [6.45, 7) is -0.254. The summed E-state index contributed by atoms with van der Waals surface area (Å²) in [6.07, 6.45) is 1.29. The number of hydrogen-bond donors (Lipinski definition) is 1. The molecule has 0 spiro atoms. The quantitative estimate of drug-likeness (QED) is 0.541. The zero-order valence-corrected chi connectivity index (χ0v) is 16.0. The third-order valence-corrected chi connectivity index (χ3v) is 4.41. The molecule has 0 radical (unpaired) electrons. The molecule has 2 aromatic heterocycles. The minimum atomic E-state index is -0.467. The Bertz CT molecular complexity index is 1250. The van der Waals surface area contributed by atoms with Gasteiger partial charge in [-0.3, -0.25) is 14.2 Å². The molecule has 0 aliphatic rings. The van der Waals surface area contributed by atoms with Crippen LogP contribution in [0.4, 0.5) is 5.69 Å². The van der Waals surface area contributed by atoms with E-state index in [1.807, 2.05) is 30.3 Å². The molecule has 2 heterocycles. The van der Waals surface area contributed by atoms with Gasteiger partial charge in [-0.25, -0.2) is 4.98 Å². The van der Waals surface area contributed by atoms with Crippen molar-refractivity contribution in [3.63, 3.8) is 0 Å². The zero-order chi connectivity index (χ0) is 20.4. The fourth-order valence-electron chi connectivity index (χ4n) is 2.82. The number of ether oxygens (including phenoxy) is 1. The third-order valence-electron chi connectivity index (χ3n) is 4.18. The van der Waals surface area contributed by atoms with Crippen LogP contribution >= 0.6 is 11.6 Å². The van der Waals surface area contributed by atoms with Gasteiger partial charge in [0.1, 0.15) is 18.6 Å². The highest BCUT2D eigenvalue weighted by molar-refractivity contribution is 6.31. The van der Waals surface area contributed by atoms with Gasteiger partial charge in [0.15, 0.2) is 11.2 Å². The summed E-state index contributed by atoms with van der Waals surface area (Å²) in [5.74, 6) is 0.0127. The molecular formula is C19H15ClN6O3. The molecule has 0 fully saturated rings. The number of anilines is 1. The first-order valence-electron chi connectivity index (χ1n) is 8.56. The first-order valence-corrected chi connectivity index (χ1v) is 8.94. The Labute approximate surface area is 169 Å². The highest BCUT2D eigenvalue weighted by atomic mass is 35.5. The molecule has 0 saturated carbocycles. The van der Waals surface area contributed by atoms with E-state index in [4.69, 9.17) is 16.3 Å². The molecule has 0 bridgehead atoms. The van der Waals surface area contributed by atoms with Crippen molar-refractivity contribution in [3.8, 4) is 11.4 Å². The lowest BCUT2D eigenvalue weighted by Crippen LogP contribution is -2.28. The van der Waals surface area contributed by atoms with Crippen molar-refractivity contribution in [2.45, 2.75) is 6.54 Å². The van der Waals surface area contributed by atoms with Crippen LogP contribution in [-0.4, -0.2) is 37.6 Å². The SMILES string of the molecule is COc1ccc(Cl)cc1NC(=O)Cn1cnc2c(nnn2-c2ccccc2)c1=O. The number of fused-ring (bicyclic) bond motifs is 1. The summed E-state index contributed by atoms with van der Waals surface area (Å²) in [6, 6.07) is 14.1. The van der Waals surface area contributed by atoms with Crippen LogP contribution in [0.1, 0.15) is 0 Å². The van der Waals surface area contributed by atoms with E-state index in [0.29, 0.717) is 22.1 Å². The van der Waals surface area contributed by atoms with Crippen LogP contribution in [0.15, 0.2) is 59.7 Å². The largest absolute Gasteiger partial charge is 0.495 e. The van der Waals surface area contributed by atoms with Gasteiger partial charge in [0, 0.05) is 5.02 Å². The molecule has 0 atom stereocenters. The lowest BCUT2D eigenvalue weighted by atomic mass is 10.3. The average Bonchev–Trinajstić information content (AvgIpc) is 3.16. The first-order chi connectivity index (χ1) is 14.1. The maximum absolute atomic E-state index is 12.7. The maximum Gasteiger partial charge on any atom is 0.284 e. The van der Waals surface area contributed by atoms with Crippen molar-refractivity contribution >= 4 is 34.4 Å². The third kappa shape index (κ3) is 3.67. The monoisotopic (exact) mass is 410 g/mol. The van der Waals surface area contributed by atoms with E-state index in [9.17, 15) is 9.59 Å². The summed E-state index contributed by atoms with van der Waals surface area (Å²) < 4.78 is 7.84. The average molecular weight is 411 g/mol. The van der Waals surface area contributed by atoms with Gasteiger partial charge >= 0.3 is 0 Å². The number of methoxy groups -OCH3 is 1. The Morgan fingerprint density at radius 1 is 1.21 bits per heavy atom. The number of benzene rings is 2. The van der Waals surface area contributed by atoms with E-state index in [1.165, 1.54) is 22.7 Å². The number of carbonyl (C=O) groups excluding carboxylic acids is 1. The molecule has 1 N–H and O–H groups in total. The molecule has 2 aromatic carbocycles. The van der Waals surface area contributed by atoms with Crippen molar-refractivity contribution in [2.24, 2.45) is 0 Å². The number of para-hydroxylation sites is 1. The van der Waals surface area contributed by atoms with E-state index < -0.39 is 11.5 Å². The van der Waals surface area contributed by atoms with Crippen molar-refractivity contribution in [2.75, 3.05) is 12.4 Å². The fourth-order valence-corrected chi connectivity index (χ4v) is 2.99. The van der Waals surface area contributed by atoms with E-state index >= 15 is 0 Å². The lowest BCUT2D eigenvalue weighted by Gasteiger charge is -2.11. The van der Waals surface area contributed by atoms with Crippen LogP contribution in [0.2, 0.25) is 5.02 Å². The van der Waals surface area contributed by atoms with Gasteiger partial charge in [-0.15, -0.1) is 5.10 Å². The maximum atomic E-state index is 12.7. The van der Waals surface area contributed by atoms with E-state index in [0.717, 1.165) is 5.69 Å². The zero-order valence-electron chi connectivity index (χ0n) is 15.2. The Morgan fingerprint density at radius 3 is 2.76 bits per heavy atom. The number of halogens is 1. The molecule has 9 nitrogen and oxygen atoms in total. The normalized spacial score (nSPS) is 10.8. The molecule has 29 heavy (non-hydrogen) atoms. The number of rotatable bonds is 5. The van der Waals surface area contributed by atoms with E-state index in [2.05, 4.69) is 20.6 Å². The molecule has 0 unspecified atom stereocenters. The van der Waals surface area contributed by atoms with Gasteiger partial charge < -0.3 is 10.1 Å². The number of carbonyl (C=O) groups is 1. The molecule has 0 aliphatic heterocycles. The summed E-state index contributed by atoms with van der Waals surface area (Å²) >= 11 is 5.97. The van der Waals surface area contributed by atoms with Gasteiger partial charge in [-0.2, -0.15) is 4.68 Å². The number of nitrogens with zero attached hydrogens (tertiary/aromatic N) is 5. The van der Waals surface area contributed by atoms with Gasteiger partial charge in [-0.1, -0.05) is 35.0 Å². The predicted molar refractivity (Wildman–Crippen MR) is 108 cm³/mol. The van der Waals surface area contributed by atoms with Crippen LogP contribution in [0, 0.1) is 0 Å². The van der Waals surface area contributed by atoms with Crippen LogP contribution in [0.25, 0.3) is 16.9 Å². The minimum absolute atomic E-state index is 0.0736. The second-order valence-electron chi connectivity index (χ2n) is 6.08. The number of aromatic nitrogens is 5. The minimum Gasteiger partial charge on any atom is -0.495 e. The van der Waals surface area contributed by atoms with E-state index in [1.54, 1.807) is 18.2 Å². The fraction of sp³-hybridized carbons (Fsp3) is 0.105. The van der Waals surface area contributed by atoms with Gasteiger partial charge in [-0.05, 0) is 30.3 Å². The Kier molecular flexibility index (Phi) is 4.96. The smallest absolute Gasteiger partial charge is 0.284 e. The van der Waals surface area contributed by atoms with Gasteiger partial charge in [0.25, 0.3) is 5.56 Å². The highest BCUT2D eigenvalue weighted by Gasteiger charge is 2.15. The van der Waals surface area contributed by atoms with E-state index in [-0.39, 0.29) is 12.1 Å². The van der Waals surface area contributed by atoms with Crippen LogP contribution in [0.3, 0.4) is 0 Å². The summed E-state index contributed by atoms with van der Waals surface area (Å²) in [5, 5.41) is 11.1. The molecule has 0 aliphatic carbocycles.